The molecule has 3 amide bonds. The first kappa shape index (κ1) is 36.7. The smallest absolute Gasteiger partial charge is 0.426 e. The van der Waals surface area contributed by atoms with Crippen molar-refractivity contribution >= 4 is 37.7 Å². The predicted octanol–water partition coefficient (Wildman–Crippen LogP) is 4.70. The number of urea groups is 1. The molecule has 0 radical (unpaired) electrons. The molecule has 2 rings (SSSR count). The summed E-state index contributed by atoms with van der Waals surface area (Å²) in [7, 11) is -2.23. The van der Waals surface area contributed by atoms with Gasteiger partial charge in [0.15, 0.2) is 0 Å². The summed E-state index contributed by atoms with van der Waals surface area (Å²) in [5.74, 6) is -1.27. The van der Waals surface area contributed by atoms with Gasteiger partial charge in [0.25, 0.3) is 0 Å². The second-order valence-corrected chi connectivity index (χ2v) is 14.7. The Morgan fingerprint density at radius 3 is 2.28 bits per heavy atom. The fourth-order valence-corrected chi connectivity index (χ4v) is 5.66. The van der Waals surface area contributed by atoms with Crippen LogP contribution in [0.2, 0.25) is 5.02 Å². The molecule has 3 unspecified atom stereocenters. The molecule has 0 aromatic heterocycles. The first-order valence-electron chi connectivity index (χ1n) is 14.3. The number of piperidine rings is 1. The summed E-state index contributed by atoms with van der Waals surface area (Å²) >= 11 is 6.03. The van der Waals surface area contributed by atoms with Gasteiger partial charge in [0.1, 0.15) is 11.6 Å². The number of nitrogens with zero attached hydrogens (tertiary/aromatic N) is 1. The van der Waals surface area contributed by atoms with Crippen molar-refractivity contribution in [3.63, 3.8) is 0 Å². The molecule has 12 nitrogen and oxygen atoms in total. The number of aliphatic hydroxyl groups is 1. The van der Waals surface area contributed by atoms with E-state index >= 15 is 0 Å². The van der Waals surface area contributed by atoms with Crippen LogP contribution in [0.4, 0.5) is 9.59 Å². The van der Waals surface area contributed by atoms with Crippen LogP contribution < -0.4 is 16.4 Å². The van der Waals surface area contributed by atoms with Gasteiger partial charge in [-0.2, -0.15) is 0 Å². The predicted molar refractivity (Wildman–Crippen MR) is 164 cm³/mol. The number of amides is 3. The highest BCUT2D eigenvalue weighted by Crippen LogP contribution is 2.46. The molecule has 1 aliphatic heterocycles. The third-order valence-corrected chi connectivity index (χ3v) is 9.31. The summed E-state index contributed by atoms with van der Waals surface area (Å²) in [5.41, 5.74) is 3.46. The number of likely N-dealkylation sites (tertiary alicyclic amines) is 1. The lowest BCUT2D eigenvalue weighted by Gasteiger charge is -2.51. The number of hydrogen-bond acceptors (Lipinski definition) is 9. The van der Waals surface area contributed by atoms with Crippen LogP contribution in [-0.4, -0.2) is 72.0 Å². The van der Waals surface area contributed by atoms with E-state index in [-0.39, 0.29) is 30.8 Å². The molecule has 14 heteroatoms. The van der Waals surface area contributed by atoms with Crippen LogP contribution in [0.3, 0.4) is 0 Å². The van der Waals surface area contributed by atoms with Gasteiger partial charge in [-0.05, 0) is 48.4 Å². The highest BCUT2D eigenvalue weighted by molar-refractivity contribution is 7.39. The Morgan fingerprint density at radius 1 is 1.14 bits per heavy atom. The van der Waals surface area contributed by atoms with E-state index in [2.05, 4.69) is 10.6 Å². The van der Waals surface area contributed by atoms with E-state index < -0.39 is 55.4 Å². The van der Waals surface area contributed by atoms with Crippen LogP contribution in [0.5, 0.6) is 0 Å². The second-order valence-electron chi connectivity index (χ2n) is 12.8. The topological polar surface area (TPSA) is 170 Å². The van der Waals surface area contributed by atoms with Gasteiger partial charge in [-0.3, -0.25) is 10.5 Å². The van der Waals surface area contributed by atoms with Crippen molar-refractivity contribution in [3.8, 4) is 0 Å². The minimum Gasteiger partial charge on any atom is -0.426 e. The van der Waals surface area contributed by atoms with E-state index in [1.54, 1.807) is 56.9 Å². The third kappa shape index (κ3) is 10.0. The first-order valence-corrected chi connectivity index (χ1v) is 15.9. The van der Waals surface area contributed by atoms with Gasteiger partial charge in [-0.25, -0.2) is 9.59 Å². The molecule has 0 spiro atoms. The molecule has 43 heavy (non-hydrogen) atoms. The average Bonchev–Trinajstić information content (AvgIpc) is 2.91. The Bertz CT molecular complexity index is 1150. The van der Waals surface area contributed by atoms with Gasteiger partial charge in [-0.1, -0.05) is 65.3 Å². The van der Waals surface area contributed by atoms with E-state index in [0.29, 0.717) is 18.0 Å². The van der Waals surface area contributed by atoms with Gasteiger partial charge >= 0.3 is 20.2 Å². The van der Waals surface area contributed by atoms with Gasteiger partial charge in [0.05, 0.1) is 12.1 Å². The van der Waals surface area contributed by atoms with Crippen LogP contribution in [0.25, 0.3) is 0 Å². The maximum atomic E-state index is 13.6. The van der Waals surface area contributed by atoms with E-state index in [1.807, 2.05) is 27.7 Å². The molecule has 1 fully saturated rings. The number of halogens is 1. The highest BCUT2D eigenvalue weighted by atomic mass is 35.5. The normalized spacial score (nSPS) is 20.3. The molecule has 0 saturated carbocycles. The quantitative estimate of drug-likeness (QED) is 0.143. The number of rotatable bonds is 12. The average molecular weight is 646 g/mol. The molecular weight excluding hydrogens is 599 g/mol. The van der Waals surface area contributed by atoms with Crippen LogP contribution in [0, 0.1) is 17.3 Å². The SMILES string of the molecule is CC(C)C(NC(=O)NCC(C)(C)OC(=O)OCO[P+](=O)C(N)C(C)C)C(=O)N1CC[C@](O)(c2ccc(Cl)cc2)C(C)(C)C1. The Kier molecular flexibility index (Phi) is 12.8. The van der Waals surface area contributed by atoms with E-state index in [9.17, 15) is 24.1 Å². The van der Waals surface area contributed by atoms with Crippen LogP contribution in [-0.2, 0) is 29.0 Å². The summed E-state index contributed by atoms with van der Waals surface area (Å²) < 4.78 is 26.9. The summed E-state index contributed by atoms with van der Waals surface area (Å²) in [6.45, 7) is 14.1. The van der Waals surface area contributed by atoms with Crippen LogP contribution in [0.15, 0.2) is 24.3 Å². The van der Waals surface area contributed by atoms with Crippen molar-refractivity contribution in [2.45, 2.75) is 84.8 Å². The standard InChI is InChI=1S/C29H46ClN4O8P/c1-18(2)22(24(35)34-14-13-29(38,27(5,6)16-34)20-9-11-21(30)12-10-20)33-25(36)32-15-28(7,8)42-26(37)40-17-41-43(39)23(31)19(3)4/h9-12,18-19,22-23,38H,13-17,31H2,1-8H3,(H-,32,33,36)/p+1/t22?,23?,29-/m0/s1. The molecule has 1 heterocycles. The van der Waals surface area contributed by atoms with Crippen molar-refractivity contribution in [2.75, 3.05) is 26.4 Å². The Balaban J connectivity index is 1.92. The number of benzene rings is 1. The third-order valence-electron chi connectivity index (χ3n) is 7.62. The zero-order valence-corrected chi connectivity index (χ0v) is 28.0. The number of carbonyl (C=O) groups is 3. The number of ether oxygens (including phenoxy) is 2. The lowest BCUT2D eigenvalue weighted by molar-refractivity contribution is -0.155. The molecule has 242 valence electrons. The van der Waals surface area contributed by atoms with Crippen LogP contribution >= 0.6 is 19.6 Å². The summed E-state index contributed by atoms with van der Waals surface area (Å²) in [6.07, 6.45) is -0.756. The molecule has 0 bridgehead atoms. The fraction of sp³-hybridized carbons (Fsp3) is 0.690. The monoisotopic (exact) mass is 645 g/mol. The van der Waals surface area contributed by atoms with Crippen molar-refractivity contribution in [2.24, 2.45) is 23.0 Å². The molecule has 5 N–H and O–H groups in total. The van der Waals surface area contributed by atoms with Gasteiger partial charge in [0, 0.05) is 29.4 Å². The van der Waals surface area contributed by atoms with E-state index in [4.69, 9.17) is 31.3 Å². The zero-order chi connectivity index (χ0) is 32.8. The summed E-state index contributed by atoms with van der Waals surface area (Å²) in [4.78, 5) is 40.1. The first-order chi connectivity index (χ1) is 19.8. The minimum absolute atomic E-state index is 0.0795. The summed E-state index contributed by atoms with van der Waals surface area (Å²) in [5, 5.41) is 17.6. The van der Waals surface area contributed by atoms with Crippen molar-refractivity contribution in [1.82, 2.24) is 15.5 Å². The molecular formula is C29H47ClN4O8P+. The summed E-state index contributed by atoms with van der Waals surface area (Å²) in [6, 6.07) is 5.62. The molecule has 1 aromatic rings. The lowest BCUT2D eigenvalue weighted by atomic mass is 9.66. The Morgan fingerprint density at radius 2 is 1.74 bits per heavy atom. The van der Waals surface area contributed by atoms with Crippen molar-refractivity contribution in [3.05, 3.63) is 34.9 Å². The number of hydrogen-bond donors (Lipinski definition) is 4. The minimum atomic E-state index is -2.23. The molecule has 1 aliphatic rings. The Labute approximate surface area is 260 Å². The van der Waals surface area contributed by atoms with Crippen molar-refractivity contribution in [1.29, 1.82) is 0 Å². The Hall–Kier alpha value is -2.50. The number of nitrogens with two attached hydrogens (primary N) is 1. The number of carbonyl (C=O) groups excluding carboxylic acids is 3. The lowest BCUT2D eigenvalue weighted by Crippen LogP contribution is -2.61. The van der Waals surface area contributed by atoms with E-state index in [0.717, 1.165) is 5.56 Å². The maximum Gasteiger partial charge on any atom is 0.530 e. The fourth-order valence-electron chi connectivity index (χ4n) is 4.71. The zero-order valence-electron chi connectivity index (χ0n) is 26.3. The molecule has 4 atom stereocenters. The second kappa shape index (κ2) is 15.0. The maximum absolute atomic E-state index is 13.6. The molecule has 0 aliphatic carbocycles. The van der Waals surface area contributed by atoms with Gasteiger partial charge in [0.2, 0.25) is 18.5 Å². The van der Waals surface area contributed by atoms with E-state index in [1.165, 1.54) is 0 Å². The highest BCUT2D eigenvalue weighted by Gasteiger charge is 2.50. The van der Waals surface area contributed by atoms with Crippen molar-refractivity contribution < 1.29 is 38.1 Å². The largest absolute Gasteiger partial charge is 0.530 e. The van der Waals surface area contributed by atoms with Crippen LogP contribution in [0.1, 0.15) is 67.4 Å². The van der Waals surface area contributed by atoms with Gasteiger partial charge < -0.3 is 30.1 Å². The number of nitrogens with one attached hydrogen (secondary N) is 2. The molecule has 1 aromatic carbocycles. The molecule has 1 saturated heterocycles. The van der Waals surface area contributed by atoms with Gasteiger partial charge in [-0.15, -0.1) is 4.52 Å².